The highest BCUT2D eigenvalue weighted by molar-refractivity contribution is 5.76. The van der Waals surface area contributed by atoms with Gasteiger partial charge in [-0.3, -0.25) is 0 Å². The zero-order valence-corrected chi connectivity index (χ0v) is 14.2. The molecule has 3 rings (SSSR count). The maximum atomic E-state index is 12.1. The van der Waals surface area contributed by atoms with Gasteiger partial charge in [-0.25, -0.2) is 4.79 Å². The molecule has 0 radical (unpaired) electrons. The Bertz CT molecular complexity index is 436. The van der Waals surface area contributed by atoms with Crippen LogP contribution >= 0.6 is 0 Å². The highest BCUT2D eigenvalue weighted by Gasteiger charge is 2.58. The lowest BCUT2D eigenvalue weighted by molar-refractivity contribution is -0.140. The predicted molar refractivity (Wildman–Crippen MR) is 81.9 cm³/mol. The van der Waals surface area contributed by atoms with Gasteiger partial charge in [-0.05, 0) is 70.1 Å². The molecule has 3 fully saturated rings. The van der Waals surface area contributed by atoms with Crippen molar-refractivity contribution in [2.45, 2.75) is 71.9 Å². The molecule has 3 aliphatic rings. The van der Waals surface area contributed by atoms with Crippen molar-refractivity contribution >= 4 is 12.4 Å². The van der Waals surface area contributed by atoms with E-state index in [9.17, 15) is 9.59 Å². The molecule has 120 valence electrons. The summed E-state index contributed by atoms with van der Waals surface area (Å²) in [5.41, 5.74) is -1.11. The van der Waals surface area contributed by atoms with Crippen molar-refractivity contribution < 1.29 is 14.3 Å². The van der Waals surface area contributed by atoms with Crippen molar-refractivity contribution in [3.05, 3.63) is 0 Å². The molecule has 0 aliphatic heterocycles. The molecule has 21 heavy (non-hydrogen) atoms. The van der Waals surface area contributed by atoms with Crippen LogP contribution in [0.3, 0.4) is 0 Å². The van der Waals surface area contributed by atoms with E-state index in [1.54, 1.807) is 0 Å². The Hall–Kier alpha value is -1.06. The first kappa shape index (κ1) is 16.3. The van der Waals surface area contributed by atoms with E-state index in [0.29, 0.717) is 5.92 Å². The second-order valence-electron chi connectivity index (χ2n) is 8.57. The predicted octanol–water partition coefficient (Wildman–Crippen LogP) is 3.54. The van der Waals surface area contributed by atoms with E-state index in [1.807, 2.05) is 27.7 Å². The smallest absolute Gasteiger partial charge is 0.408 e. The summed E-state index contributed by atoms with van der Waals surface area (Å²) in [6.45, 7) is 11.9. The van der Waals surface area contributed by atoms with Crippen molar-refractivity contribution in [3.8, 4) is 0 Å². The largest absolute Gasteiger partial charge is 0.444 e. The van der Waals surface area contributed by atoms with Gasteiger partial charge in [0.25, 0.3) is 0 Å². The van der Waals surface area contributed by atoms with Crippen molar-refractivity contribution in [3.63, 3.8) is 0 Å². The van der Waals surface area contributed by atoms with Crippen molar-refractivity contribution in [2.24, 2.45) is 23.2 Å². The van der Waals surface area contributed by atoms with E-state index in [1.165, 1.54) is 6.42 Å². The second-order valence-corrected chi connectivity index (χ2v) is 8.57. The first-order chi connectivity index (χ1) is 9.49. The van der Waals surface area contributed by atoms with Crippen molar-refractivity contribution in [2.75, 3.05) is 0 Å². The molecule has 0 aromatic carbocycles. The van der Waals surface area contributed by atoms with Gasteiger partial charge in [-0.15, -0.1) is 0 Å². The lowest BCUT2D eigenvalue weighted by Gasteiger charge is -2.62. The molecule has 3 saturated carbocycles. The average molecular weight is 295 g/mol. The summed E-state index contributed by atoms with van der Waals surface area (Å²) in [6.07, 6.45) is 3.72. The highest BCUT2D eigenvalue weighted by atomic mass is 16.6. The molecule has 4 atom stereocenters. The molecule has 2 unspecified atom stereocenters. The minimum atomic E-state index is -0.838. The molecular formula is C17H29NO3. The van der Waals surface area contributed by atoms with Crippen molar-refractivity contribution in [1.82, 2.24) is 5.32 Å². The van der Waals surface area contributed by atoms with E-state index in [-0.39, 0.29) is 11.3 Å². The molecule has 1 N–H and O–H groups in total. The fourth-order valence-electron chi connectivity index (χ4n) is 4.26. The summed E-state index contributed by atoms with van der Waals surface area (Å²) in [7, 11) is 0. The third kappa shape index (κ3) is 2.95. The third-order valence-corrected chi connectivity index (χ3v) is 5.64. The molecule has 1 amide bonds. The molecule has 0 saturated heterocycles. The van der Waals surface area contributed by atoms with Gasteiger partial charge in [0, 0.05) is 0 Å². The van der Waals surface area contributed by atoms with Gasteiger partial charge in [0.2, 0.25) is 0 Å². The summed E-state index contributed by atoms with van der Waals surface area (Å²) in [4.78, 5) is 23.8. The van der Waals surface area contributed by atoms with E-state index in [0.717, 1.165) is 25.0 Å². The van der Waals surface area contributed by atoms with Crippen molar-refractivity contribution in [1.29, 1.82) is 0 Å². The number of fused-ring (bicyclic) bond motifs is 2. The van der Waals surface area contributed by atoms with Crippen LogP contribution in [-0.4, -0.2) is 23.5 Å². The molecule has 3 aliphatic carbocycles. The first-order valence-electron chi connectivity index (χ1n) is 7.97. The van der Waals surface area contributed by atoms with E-state index < -0.39 is 17.2 Å². The number of carbonyl (C=O) groups excluding carboxylic acids is 2. The summed E-state index contributed by atoms with van der Waals surface area (Å²) >= 11 is 0. The number of ether oxygens (including phenoxy) is 1. The average Bonchev–Trinajstić information content (AvgIpc) is 2.36. The van der Waals surface area contributed by atoms with Crippen LogP contribution < -0.4 is 5.32 Å². The fourth-order valence-corrected chi connectivity index (χ4v) is 4.26. The number of amides is 1. The zero-order valence-electron chi connectivity index (χ0n) is 14.2. The molecule has 4 nitrogen and oxygen atoms in total. The zero-order chi connectivity index (χ0) is 16.1. The molecule has 4 heteroatoms. The maximum absolute atomic E-state index is 12.1. The van der Waals surface area contributed by atoms with E-state index in [2.05, 4.69) is 19.2 Å². The molecule has 0 spiro atoms. The number of nitrogens with one attached hydrogen (secondary N) is 1. The maximum Gasteiger partial charge on any atom is 0.408 e. The SMILES string of the molecule is CC(C)(C)OC(=O)NC(C)(C=O)C1CC[C@H]2C[C@@H]1C2(C)C. The van der Waals surface area contributed by atoms with Crippen LogP contribution in [0.2, 0.25) is 0 Å². The van der Waals surface area contributed by atoms with Crippen LogP contribution in [0.1, 0.15) is 60.8 Å². The van der Waals surface area contributed by atoms with Gasteiger partial charge >= 0.3 is 6.09 Å². The Morgan fingerprint density at radius 1 is 1.24 bits per heavy atom. The van der Waals surface area contributed by atoms with Gasteiger partial charge in [0.15, 0.2) is 0 Å². The minimum absolute atomic E-state index is 0.197. The van der Waals surface area contributed by atoms with Crippen LogP contribution in [0.25, 0.3) is 0 Å². The third-order valence-electron chi connectivity index (χ3n) is 5.64. The van der Waals surface area contributed by atoms with Crippen LogP contribution in [0.4, 0.5) is 4.79 Å². The summed E-state index contributed by atoms with van der Waals surface area (Å²) in [5.74, 6) is 1.47. The number of alkyl carbamates (subject to hydrolysis) is 1. The second kappa shape index (κ2) is 4.99. The van der Waals surface area contributed by atoms with Crippen LogP contribution in [0.15, 0.2) is 0 Å². The highest BCUT2D eigenvalue weighted by Crippen LogP contribution is 2.63. The van der Waals surface area contributed by atoms with E-state index >= 15 is 0 Å². The van der Waals surface area contributed by atoms with Gasteiger partial charge in [-0.1, -0.05) is 13.8 Å². The number of aldehydes is 1. The van der Waals surface area contributed by atoms with Crippen LogP contribution in [0, 0.1) is 23.2 Å². The Balaban J connectivity index is 2.10. The lowest BCUT2D eigenvalue weighted by Crippen LogP contribution is -2.63. The van der Waals surface area contributed by atoms with Gasteiger partial charge in [0.1, 0.15) is 11.9 Å². The molecular weight excluding hydrogens is 266 g/mol. The van der Waals surface area contributed by atoms with E-state index in [4.69, 9.17) is 4.74 Å². The lowest BCUT2D eigenvalue weighted by atomic mass is 9.43. The number of carbonyl (C=O) groups is 2. The Morgan fingerprint density at radius 2 is 1.86 bits per heavy atom. The summed E-state index contributed by atoms with van der Waals surface area (Å²) < 4.78 is 5.32. The normalized spacial score (nSPS) is 33.3. The Morgan fingerprint density at radius 3 is 2.29 bits per heavy atom. The standard InChI is InChI=1S/C17H29NO3/c1-15(2,3)21-14(20)18-17(6,10-19)12-8-7-11-9-13(12)16(11,4)5/h10-13H,7-9H2,1-6H3,(H,18,20)/t11-,12?,13-,17?/m0/s1. The van der Waals surface area contributed by atoms with Gasteiger partial charge < -0.3 is 14.8 Å². The Labute approximate surface area is 128 Å². The fraction of sp³-hybridized carbons (Fsp3) is 0.882. The minimum Gasteiger partial charge on any atom is -0.444 e. The number of hydrogen-bond acceptors (Lipinski definition) is 3. The molecule has 2 bridgehead atoms. The molecule has 0 aromatic rings. The van der Waals surface area contributed by atoms with Crippen LogP contribution in [-0.2, 0) is 9.53 Å². The first-order valence-corrected chi connectivity index (χ1v) is 7.97. The van der Waals surface area contributed by atoms with Gasteiger partial charge in [-0.2, -0.15) is 0 Å². The number of hydrogen-bond donors (Lipinski definition) is 1. The molecule has 0 aromatic heterocycles. The quantitative estimate of drug-likeness (QED) is 0.810. The summed E-state index contributed by atoms with van der Waals surface area (Å²) in [5, 5.41) is 2.83. The topological polar surface area (TPSA) is 55.4 Å². The number of rotatable bonds is 3. The molecule has 0 heterocycles. The van der Waals surface area contributed by atoms with Crippen LogP contribution in [0.5, 0.6) is 0 Å². The summed E-state index contributed by atoms with van der Waals surface area (Å²) in [6, 6.07) is 0. The monoisotopic (exact) mass is 295 g/mol. The Kier molecular flexibility index (Phi) is 3.88. The van der Waals surface area contributed by atoms with Gasteiger partial charge in [0.05, 0.1) is 5.54 Å².